The largest absolute Gasteiger partial charge is 0.382 e. The van der Waals surface area contributed by atoms with Crippen molar-refractivity contribution in [2.75, 3.05) is 26.8 Å². The number of nitrogens with two attached hydrogens (primary N) is 1. The molecule has 2 aromatic heterocycles. The third kappa shape index (κ3) is 5.03. The Bertz CT molecular complexity index is 1070. The molecule has 8 nitrogen and oxygen atoms in total. The fraction of sp³-hybridized carbons (Fsp3) is 0.667. The van der Waals surface area contributed by atoms with E-state index in [4.69, 9.17) is 10.5 Å². The van der Waals surface area contributed by atoms with Crippen LogP contribution < -0.4 is 11.1 Å². The Labute approximate surface area is 196 Å². The zero-order valence-corrected chi connectivity index (χ0v) is 18.9. The van der Waals surface area contributed by atoms with Crippen molar-refractivity contribution >= 4 is 11.7 Å². The van der Waals surface area contributed by atoms with E-state index in [1.54, 1.807) is 6.20 Å². The van der Waals surface area contributed by atoms with Gasteiger partial charge in [0.1, 0.15) is 0 Å². The normalized spacial score (nSPS) is 24.1. The van der Waals surface area contributed by atoms with Gasteiger partial charge in [-0.15, -0.1) is 0 Å². The summed E-state index contributed by atoms with van der Waals surface area (Å²) < 4.78 is 89.6. The molecule has 194 valence electrons. The van der Waals surface area contributed by atoms with Crippen molar-refractivity contribution in [1.82, 2.24) is 24.8 Å². The van der Waals surface area contributed by atoms with Crippen molar-refractivity contribution in [2.45, 2.75) is 55.5 Å². The molecule has 1 saturated heterocycles. The number of methoxy groups -OCH3 is 1. The summed E-state index contributed by atoms with van der Waals surface area (Å²) in [7, 11) is 1.28. The van der Waals surface area contributed by atoms with Crippen LogP contribution in [0.5, 0.6) is 0 Å². The van der Waals surface area contributed by atoms with Gasteiger partial charge in [-0.1, -0.05) is 0 Å². The fourth-order valence-corrected chi connectivity index (χ4v) is 4.51. The molecular formula is C21H26F6N6O2. The number of hydrogen-bond donors (Lipinski definition) is 2. The molecule has 3 heterocycles. The lowest BCUT2D eigenvalue weighted by Gasteiger charge is -2.32. The van der Waals surface area contributed by atoms with Gasteiger partial charge in [-0.3, -0.25) is 0 Å². The van der Waals surface area contributed by atoms with E-state index in [2.05, 4.69) is 10.1 Å². The average molecular weight is 508 g/mol. The third-order valence-corrected chi connectivity index (χ3v) is 6.68. The van der Waals surface area contributed by atoms with Crippen LogP contribution in [0, 0.1) is 5.92 Å². The number of amides is 2. The van der Waals surface area contributed by atoms with Crippen molar-refractivity contribution in [3.8, 4) is 0 Å². The van der Waals surface area contributed by atoms with Gasteiger partial charge >= 0.3 is 17.9 Å². The molecule has 4 rings (SSSR count). The first kappa shape index (κ1) is 25.5. The second kappa shape index (κ2) is 9.12. The highest BCUT2D eigenvalue weighted by atomic mass is 19.3. The van der Waals surface area contributed by atoms with Crippen molar-refractivity contribution in [3.05, 3.63) is 29.7 Å². The minimum atomic E-state index is -4.47. The van der Waals surface area contributed by atoms with Gasteiger partial charge in [-0.25, -0.2) is 23.1 Å². The number of nitrogens with one attached hydrogen (secondary N) is 1. The van der Waals surface area contributed by atoms with E-state index in [9.17, 15) is 31.1 Å². The number of urea groups is 1. The zero-order chi connectivity index (χ0) is 25.6. The molecule has 0 aromatic carbocycles. The van der Waals surface area contributed by atoms with E-state index < -0.39 is 49.0 Å². The summed E-state index contributed by atoms with van der Waals surface area (Å²) in [5.41, 5.74) is 7.22. The Morgan fingerprint density at radius 2 is 1.89 bits per heavy atom. The molecule has 0 unspecified atom stereocenters. The molecule has 1 saturated carbocycles. The Balaban J connectivity index is 1.61. The molecule has 2 aliphatic rings. The molecular weight excluding hydrogens is 482 g/mol. The van der Waals surface area contributed by atoms with Gasteiger partial charge in [0.25, 0.3) is 0 Å². The third-order valence-electron chi connectivity index (χ3n) is 6.68. The summed E-state index contributed by atoms with van der Waals surface area (Å²) in [6, 6.07) is -1.39. The van der Waals surface area contributed by atoms with Crippen LogP contribution in [0.25, 0.3) is 5.65 Å². The topological polar surface area (TPSA) is 97.8 Å². The highest BCUT2D eigenvalue weighted by Crippen LogP contribution is 2.41. The highest BCUT2D eigenvalue weighted by Gasteiger charge is 2.59. The maximum atomic E-state index is 14.2. The first-order valence-corrected chi connectivity index (χ1v) is 11.1. The number of carbonyl (C=O) groups excluding carboxylic acids is 1. The second-order valence-electron chi connectivity index (χ2n) is 9.14. The van der Waals surface area contributed by atoms with E-state index in [-0.39, 0.29) is 49.4 Å². The minimum Gasteiger partial charge on any atom is -0.382 e. The second-order valence-corrected chi connectivity index (χ2v) is 9.14. The molecule has 3 N–H and O–H groups in total. The Kier molecular flexibility index (Phi) is 6.64. The molecule has 0 radical (unpaired) electrons. The average Bonchev–Trinajstić information content (AvgIpc) is 3.19. The summed E-state index contributed by atoms with van der Waals surface area (Å²) in [6.07, 6.45) is 2.85. The molecule has 35 heavy (non-hydrogen) atoms. The number of rotatable bonds is 6. The number of nitrogens with zero attached hydrogens (tertiary/aromatic N) is 4. The number of alkyl halides is 6. The molecule has 14 heteroatoms. The zero-order valence-electron chi connectivity index (χ0n) is 18.9. The van der Waals surface area contributed by atoms with Crippen LogP contribution in [0.1, 0.15) is 49.0 Å². The Hall–Kier alpha value is -2.61. The van der Waals surface area contributed by atoms with Crippen LogP contribution in [-0.4, -0.2) is 70.1 Å². The summed E-state index contributed by atoms with van der Waals surface area (Å²) in [5.74, 6) is -11.8. The lowest BCUT2D eigenvalue weighted by Crippen LogP contribution is -2.49. The van der Waals surface area contributed by atoms with Crippen LogP contribution >= 0.6 is 0 Å². The molecule has 2 fully saturated rings. The van der Waals surface area contributed by atoms with E-state index in [0.29, 0.717) is 10.6 Å². The maximum Gasteiger partial charge on any atom is 0.329 e. The monoisotopic (exact) mass is 508 g/mol. The van der Waals surface area contributed by atoms with Crippen LogP contribution in [-0.2, 0) is 4.74 Å². The standard InChI is InChI=1S/C21H26F6N6O2/c1-35-9-15(32-11-21(26,27)20(24,25)10-29-18(32)34)13-6-16-31-14(8-33(16)30-7-13)17(28)12-2-4-19(22,23)5-3-12/h6-8,12,15,17H,2-5,9-11,28H2,1H3,(H,29,34)/t15-,17+/m1/s1. The van der Waals surface area contributed by atoms with E-state index in [1.807, 2.05) is 5.32 Å². The summed E-state index contributed by atoms with van der Waals surface area (Å²) in [6.45, 7) is -3.29. The van der Waals surface area contributed by atoms with Gasteiger partial charge in [0.05, 0.1) is 49.9 Å². The first-order valence-electron chi connectivity index (χ1n) is 11.1. The lowest BCUT2D eigenvalue weighted by atomic mass is 9.81. The molecule has 2 aromatic rings. The van der Waals surface area contributed by atoms with Gasteiger partial charge in [0.15, 0.2) is 5.65 Å². The quantitative estimate of drug-likeness (QED) is 0.582. The number of hydrogen-bond acceptors (Lipinski definition) is 5. The fourth-order valence-electron chi connectivity index (χ4n) is 4.51. The smallest absolute Gasteiger partial charge is 0.329 e. The van der Waals surface area contributed by atoms with Gasteiger partial charge in [0.2, 0.25) is 5.92 Å². The van der Waals surface area contributed by atoms with Gasteiger partial charge < -0.3 is 20.7 Å². The first-order chi connectivity index (χ1) is 16.3. The summed E-state index contributed by atoms with van der Waals surface area (Å²) >= 11 is 0. The number of aromatic nitrogens is 3. The molecule has 1 aliphatic heterocycles. The number of fused-ring (bicyclic) bond motifs is 1. The molecule has 0 spiro atoms. The van der Waals surface area contributed by atoms with Crippen molar-refractivity contribution < 1.29 is 35.9 Å². The van der Waals surface area contributed by atoms with Gasteiger partial charge in [-0.2, -0.15) is 22.7 Å². The van der Waals surface area contributed by atoms with E-state index in [1.165, 1.54) is 23.9 Å². The van der Waals surface area contributed by atoms with Crippen LogP contribution in [0.3, 0.4) is 0 Å². The molecule has 0 bridgehead atoms. The van der Waals surface area contributed by atoms with E-state index in [0.717, 1.165) is 0 Å². The number of carbonyl (C=O) groups is 1. The van der Waals surface area contributed by atoms with Crippen LogP contribution in [0.2, 0.25) is 0 Å². The molecule has 2 amide bonds. The number of halogens is 6. The maximum absolute atomic E-state index is 14.2. The van der Waals surface area contributed by atoms with Crippen molar-refractivity contribution in [3.63, 3.8) is 0 Å². The minimum absolute atomic E-state index is 0.190. The SMILES string of the molecule is COC[C@H](c1cnn2cc([C@@H](N)C3CCC(F)(F)CC3)nc2c1)N1CC(F)(F)C(F)(F)CNC1=O. The highest BCUT2D eigenvalue weighted by molar-refractivity contribution is 5.75. The van der Waals surface area contributed by atoms with Gasteiger partial charge in [0, 0.05) is 25.5 Å². The molecule has 2 atom stereocenters. The predicted octanol–water partition coefficient (Wildman–Crippen LogP) is 3.54. The van der Waals surface area contributed by atoms with Gasteiger partial charge in [-0.05, 0) is 24.8 Å². The van der Waals surface area contributed by atoms with Crippen molar-refractivity contribution in [2.24, 2.45) is 11.7 Å². The number of ether oxygens (including phenoxy) is 1. The number of imidazole rings is 1. The van der Waals surface area contributed by atoms with Crippen LogP contribution in [0.15, 0.2) is 18.5 Å². The summed E-state index contributed by atoms with van der Waals surface area (Å²) in [4.78, 5) is 17.5. The summed E-state index contributed by atoms with van der Waals surface area (Å²) in [5, 5.41) is 6.03. The van der Waals surface area contributed by atoms with E-state index >= 15 is 0 Å². The Morgan fingerprint density at radius 3 is 2.54 bits per heavy atom. The van der Waals surface area contributed by atoms with Crippen LogP contribution in [0.4, 0.5) is 31.1 Å². The lowest BCUT2D eigenvalue weighted by molar-refractivity contribution is -0.205. The predicted molar refractivity (Wildman–Crippen MR) is 111 cm³/mol. The Morgan fingerprint density at radius 1 is 1.20 bits per heavy atom. The van der Waals surface area contributed by atoms with Crippen molar-refractivity contribution in [1.29, 1.82) is 0 Å². The molecule has 1 aliphatic carbocycles.